The highest BCUT2D eigenvalue weighted by molar-refractivity contribution is 5.80. The Morgan fingerprint density at radius 3 is 2.83 bits per heavy atom. The summed E-state index contributed by atoms with van der Waals surface area (Å²) in [5.74, 6) is 1.10. The molecule has 1 aromatic heterocycles. The lowest BCUT2D eigenvalue weighted by Crippen LogP contribution is -2.38. The number of rotatable bonds is 6. The van der Waals surface area contributed by atoms with Crippen molar-refractivity contribution in [3.63, 3.8) is 0 Å². The van der Waals surface area contributed by atoms with Gasteiger partial charge in [0.2, 0.25) is 5.89 Å². The number of aromatic nitrogens is 1. The predicted octanol–water partition coefficient (Wildman–Crippen LogP) is 2.74. The van der Waals surface area contributed by atoms with Crippen LogP contribution in [0.2, 0.25) is 0 Å². The predicted molar refractivity (Wildman–Crippen MR) is 87.7 cm³/mol. The van der Waals surface area contributed by atoms with Crippen molar-refractivity contribution in [2.45, 2.75) is 32.2 Å². The summed E-state index contributed by atoms with van der Waals surface area (Å²) >= 11 is 0. The Morgan fingerprint density at radius 1 is 1.35 bits per heavy atom. The number of oxazole rings is 1. The molecule has 6 heteroatoms. The molecule has 2 N–H and O–H groups in total. The van der Waals surface area contributed by atoms with Crippen molar-refractivity contribution >= 4 is 5.96 Å². The summed E-state index contributed by atoms with van der Waals surface area (Å²) in [6.45, 7) is 3.53. The van der Waals surface area contributed by atoms with Gasteiger partial charge in [-0.1, -0.05) is 0 Å². The lowest BCUT2D eigenvalue weighted by Gasteiger charge is -2.09. The Morgan fingerprint density at radius 2 is 2.13 bits per heavy atom. The molecule has 1 heterocycles. The van der Waals surface area contributed by atoms with E-state index in [-0.39, 0.29) is 5.82 Å². The Labute approximate surface area is 135 Å². The quantitative estimate of drug-likeness (QED) is 0.635. The summed E-state index contributed by atoms with van der Waals surface area (Å²) in [4.78, 5) is 8.97. The molecule has 0 unspecified atom stereocenters. The minimum atomic E-state index is -0.269. The first-order valence-electron chi connectivity index (χ1n) is 8.00. The number of hydrogen-bond acceptors (Lipinski definition) is 3. The van der Waals surface area contributed by atoms with Gasteiger partial charge in [-0.05, 0) is 44.0 Å². The molecule has 0 saturated heterocycles. The van der Waals surface area contributed by atoms with Crippen molar-refractivity contribution in [1.29, 1.82) is 0 Å². The Bertz CT molecular complexity index is 661. The van der Waals surface area contributed by atoms with Crippen LogP contribution in [0.1, 0.15) is 25.5 Å². The van der Waals surface area contributed by atoms with E-state index in [9.17, 15) is 4.39 Å². The minimum Gasteiger partial charge on any atom is -0.444 e. The van der Waals surface area contributed by atoms with Crippen molar-refractivity contribution in [3.05, 3.63) is 42.0 Å². The van der Waals surface area contributed by atoms with Gasteiger partial charge < -0.3 is 15.1 Å². The molecule has 23 heavy (non-hydrogen) atoms. The number of halogens is 1. The third-order valence-electron chi connectivity index (χ3n) is 3.54. The van der Waals surface area contributed by atoms with E-state index in [0.29, 0.717) is 24.9 Å². The first kappa shape index (κ1) is 15.5. The van der Waals surface area contributed by atoms with Crippen LogP contribution < -0.4 is 10.6 Å². The maximum absolute atomic E-state index is 12.9. The van der Waals surface area contributed by atoms with Gasteiger partial charge in [0, 0.05) is 31.1 Å². The molecule has 0 bridgehead atoms. The molecule has 1 saturated carbocycles. The third-order valence-corrected chi connectivity index (χ3v) is 3.54. The van der Waals surface area contributed by atoms with Gasteiger partial charge in [0.15, 0.2) is 5.96 Å². The molecule has 0 atom stereocenters. The lowest BCUT2D eigenvalue weighted by atomic mass is 10.2. The van der Waals surface area contributed by atoms with Crippen LogP contribution in [-0.2, 0) is 6.42 Å². The average molecular weight is 316 g/mol. The van der Waals surface area contributed by atoms with Gasteiger partial charge in [0.1, 0.15) is 12.1 Å². The molecule has 0 aliphatic heterocycles. The van der Waals surface area contributed by atoms with E-state index in [1.165, 1.54) is 25.0 Å². The van der Waals surface area contributed by atoms with Gasteiger partial charge in [0.25, 0.3) is 0 Å². The second-order valence-electron chi connectivity index (χ2n) is 5.58. The summed E-state index contributed by atoms with van der Waals surface area (Å²) in [6.07, 6.45) is 4.77. The number of nitrogens with zero attached hydrogens (tertiary/aromatic N) is 2. The van der Waals surface area contributed by atoms with Gasteiger partial charge in [-0.2, -0.15) is 0 Å². The molecule has 122 valence electrons. The first-order valence-corrected chi connectivity index (χ1v) is 8.00. The third kappa shape index (κ3) is 4.55. The normalized spacial score (nSPS) is 14.8. The first-order chi connectivity index (χ1) is 11.2. The molecule has 0 radical (unpaired) electrons. The van der Waals surface area contributed by atoms with Crippen LogP contribution in [0.3, 0.4) is 0 Å². The molecule has 1 aromatic carbocycles. The number of nitrogens with one attached hydrogen (secondary N) is 2. The van der Waals surface area contributed by atoms with E-state index in [4.69, 9.17) is 4.42 Å². The Balaban J connectivity index is 1.56. The van der Waals surface area contributed by atoms with E-state index in [2.05, 4.69) is 27.5 Å². The van der Waals surface area contributed by atoms with Gasteiger partial charge in [-0.3, -0.25) is 4.99 Å². The van der Waals surface area contributed by atoms with Gasteiger partial charge >= 0.3 is 0 Å². The largest absolute Gasteiger partial charge is 0.444 e. The summed E-state index contributed by atoms with van der Waals surface area (Å²) in [5, 5.41) is 6.61. The van der Waals surface area contributed by atoms with E-state index in [1.807, 2.05) is 0 Å². The Hall–Kier alpha value is -2.37. The zero-order chi connectivity index (χ0) is 16.1. The fraction of sp³-hybridized carbons (Fsp3) is 0.412. The summed E-state index contributed by atoms with van der Waals surface area (Å²) < 4.78 is 18.4. The molecule has 0 spiro atoms. The fourth-order valence-electron chi connectivity index (χ4n) is 2.17. The highest BCUT2D eigenvalue weighted by Crippen LogP contribution is 2.19. The summed E-state index contributed by atoms with van der Waals surface area (Å²) in [7, 11) is 0. The van der Waals surface area contributed by atoms with Crippen molar-refractivity contribution in [2.24, 2.45) is 4.99 Å². The van der Waals surface area contributed by atoms with Gasteiger partial charge in [-0.25, -0.2) is 9.37 Å². The van der Waals surface area contributed by atoms with Gasteiger partial charge in [-0.15, -0.1) is 0 Å². The number of guanidine groups is 1. The van der Waals surface area contributed by atoms with Crippen molar-refractivity contribution in [2.75, 3.05) is 13.1 Å². The lowest BCUT2D eigenvalue weighted by molar-refractivity contribution is 0.572. The van der Waals surface area contributed by atoms with E-state index < -0.39 is 0 Å². The van der Waals surface area contributed by atoms with Crippen molar-refractivity contribution in [3.8, 4) is 11.5 Å². The summed E-state index contributed by atoms with van der Waals surface area (Å²) in [6, 6.07) is 6.69. The van der Waals surface area contributed by atoms with Crippen LogP contribution in [0.15, 0.2) is 39.9 Å². The van der Waals surface area contributed by atoms with Crippen molar-refractivity contribution < 1.29 is 8.81 Å². The maximum atomic E-state index is 12.9. The topological polar surface area (TPSA) is 62.5 Å². The smallest absolute Gasteiger partial charge is 0.226 e. The molecular formula is C17H21FN4O. The molecule has 3 rings (SSSR count). The highest BCUT2D eigenvalue weighted by Gasteiger charge is 2.22. The van der Waals surface area contributed by atoms with Gasteiger partial charge in [0.05, 0.1) is 5.69 Å². The molecule has 5 nitrogen and oxygen atoms in total. The monoisotopic (exact) mass is 316 g/mol. The van der Waals surface area contributed by atoms with Crippen LogP contribution in [-0.4, -0.2) is 30.1 Å². The van der Waals surface area contributed by atoms with E-state index in [1.54, 1.807) is 18.4 Å². The number of aliphatic imine (C=N–C) groups is 1. The second-order valence-corrected chi connectivity index (χ2v) is 5.58. The average Bonchev–Trinajstić information content (AvgIpc) is 3.24. The molecule has 0 amide bonds. The second kappa shape index (κ2) is 7.26. The van der Waals surface area contributed by atoms with Crippen molar-refractivity contribution in [1.82, 2.24) is 15.6 Å². The zero-order valence-electron chi connectivity index (χ0n) is 13.2. The fourth-order valence-corrected chi connectivity index (χ4v) is 2.17. The summed E-state index contributed by atoms with van der Waals surface area (Å²) in [5.41, 5.74) is 1.61. The molecule has 1 aliphatic carbocycles. The number of benzene rings is 1. The molecule has 1 aliphatic rings. The number of hydrogen-bond donors (Lipinski definition) is 2. The molecular weight excluding hydrogens is 295 g/mol. The maximum Gasteiger partial charge on any atom is 0.226 e. The van der Waals surface area contributed by atoms with E-state index in [0.717, 1.165) is 23.8 Å². The van der Waals surface area contributed by atoms with E-state index >= 15 is 0 Å². The van der Waals surface area contributed by atoms with Crippen LogP contribution in [0.25, 0.3) is 11.5 Å². The minimum absolute atomic E-state index is 0.269. The van der Waals surface area contributed by atoms with Crippen LogP contribution in [0.4, 0.5) is 4.39 Å². The Kier molecular flexibility index (Phi) is 4.90. The van der Waals surface area contributed by atoms with Crippen LogP contribution >= 0.6 is 0 Å². The van der Waals surface area contributed by atoms with Crippen LogP contribution in [0.5, 0.6) is 0 Å². The SMILES string of the molecule is CCNC(=NCCc1coc(-c2ccc(F)cc2)n1)NC1CC1. The standard InChI is InChI=1S/C17H21FN4O/c1-2-19-17(22-14-7-8-14)20-10-9-15-11-23-16(21-15)12-3-5-13(18)6-4-12/h3-6,11,14H,2,7-10H2,1H3,(H2,19,20,22). The molecule has 2 aromatic rings. The van der Waals surface area contributed by atoms with Crippen LogP contribution in [0, 0.1) is 5.82 Å². The zero-order valence-corrected chi connectivity index (χ0v) is 13.2. The highest BCUT2D eigenvalue weighted by atomic mass is 19.1. The molecule has 1 fully saturated rings.